The summed E-state index contributed by atoms with van der Waals surface area (Å²) in [5, 5.41) is 0. The van der Waals surface area contributed by atoms with E-state index in [9.17, 15) is 0 Å². The molecule has 0 saturated carbocycles. The molecule has 0 aliphatic rings. The van der Waals surface area contributed by atoms with Gasteiger partial charge in [-0.2, -0.15) is 0 Å². The normalized spacial score (nSPS) is 10.9. The van der Waals surface area contributed by atoms with Crippen LogP contribution < -0.4 is 0 Å². The van der Waals surface area contributed by atoms with Crippen molar-refractivity contribution >= 4 is 5.52 Å². The van der Waals surface area contributed by atoms with E-state index in [0.717, 1.165) is 0 Å². The predicted molar refractivity (Wildman–Crippen MR) is 56.1 cm³/mol. The largest absolute Gasteiger partial charge is 0.323 e. The highest BCUT2D eigenvalue weighted by Gasteiger charge is 2.03. The number of hydrogen-bond acceptors (Lipinski definition) is 0. The number of aromatic nitrogens is 1. The van der Waals surface area contributed by atoms with Crippen molar-refractivity contribution in [2.45, 2.75) is 26.7 Å². The third kappa shape index (κ3) is 1.35. The lowest BCUT2D eigenvalue weighted by molar-refractivity contribution is 0.914. The highest BCUT2D eigenvalue weighted by molar-refractivity contribution is 5.58. The molecule has 2 rings (SSSR count). The van der Waals surface area contributed by atoms with E-state index in [1.807, 2.05) is 0 Å². The zero-order chi connectivity index (χ0) is 9.26. The number of aryl methyl sites for hydroxylation is 2. The topological polar surface area (TPSA) is 4.41 Å². The van der Waals surface area contributed by atoms with Gasteiger partial charge in [0.25, 0.3) is 0 Å². The zero-order valence-electron chi connectivity index (χ0n) is 8.25. The molecule has 0 bridgehead atoms. The molecule has 0 radical (unpaired) electrons. The molecule has 1 nitrogen and oxygen atoms in total. The number of hydrogen-bond donors (Lipinski definition) is 0. The summed E-state index contributed by atoms with van der Waals surface area (Å²) < 4.78 is 2.21. The molecule has 2 aromatic rings. The van der Waals surface area contributed by atoms with Gasteiger partial charge < -0.3 is 4.40 Å². The van der Waals surface area contributed by atoms with Crippen molar-refractivity contribution in [2.24, 2.45) is 0 Å². The Hall–Kier alpha value is -1.24. The van der Waals surface area contributed by atoms with E-state index in [1.165, 1.54) is 29.5 Å². The van der Waals surface area contributed by atoms with Crippen LogP contribution in [-0.4, -0.2) is 4.40 Å². The predicted octanol–water partition coefficient (Wildman–Crippen LogP) is 3.20. The van der Waals surface area contributed by atoms with Crippen LogP contribution in [0.2, 0.25) is 0 Å². The quantitative estimate of drug-likeness (QED) is 0.657. The zero-order valence-corrected chi connectivity index (χ0v) is 8.25. The molecule has 0 aromatic carbocycles. The van der Waals surface area contributed by atoms with Crippen LogP contribution in [-0.2, 0) is 6.42 Å². The third-order valence-corrected chi connectivity index (χ3v) is 2.57. The molecular formula is C12H15N. The second kappa shape index (κ2) is 3.25. The first kappa shape index (κ1) is 8.36. The number of rotatable bonds is 2. The molecule has 0 saturated heterocycles. The minimum absolute atomic E-state index is 1.19. The summed E-state index contributed by atoms with van der Waals surface area (Å²) in [5.41, 5.74) is 4.25. The van der Waals surface area contributed by atoms with E-state index in [-0.39, 0.29) is 0 Å². The minimum atomic E-state index is 1.19. The Morgan fingerprint density at radius 2 is 2.15 bits per heavy atom. The summed E-state index contributed by atoms with van der Waals surface area (Å²) in [4.78, 5) is 0. The SMILES string of the molecule is CCCc1cn2ccccc2c1C. The van der Waals surface area contributed by atoms with E-state index in [2.05, 4.69) is 48.8 Å². The Bertz CT molecular complexity index is 412. The molecule has 0 atom stereocenters. The van der Waals surface area contributed by atoms with Gasteiger partial charge in [0.1, 0.15) is 0 Å². The molecule has 0 amide bonds. The van der Waals surface area contributed by atoms with Crippen LogP contribution >= 0.6 is 0 Å². The summed E-state index contributed by atoms with van der Waals surface area (Å²) in [5.74, 6) is 0. The van der Waals surface area contributed by atoms with Crippen molar-refractivity contribution in [2.75, 3.05) is 0 Å². The summed E-state index contributed by atoms with van der Waals surface area (Å²) in [7, 11) is 0. The molecule has 0 N–H and O–H groups in total. The van der Waals surface area contributed by atoms with Gasteiger partial charge in [-0.15, -0.1) is 0 Å². The monoisotopic (exact) mass is 173 g/mol. The molecule has 2 heterocycles. The molecular weight excluding hydrogens is 158 g/mol. The van der Waals surface area contributed by atoms with E-state index in [1.54, 1.807) is 0 Å². The minimum Gasteiger partial charge on any atom is -0.323 e. The van der Waals surface area contributed by atoms with Gasteiger partial charge in [-0.25, -0.2) is 0 Å². The Balaban J connectivity index is 2.60. The Labute approximate surface area is 79.0 Å². The maximum Gasteiger partial charge on any atom is 0.0481 e. The van der Waals surface area contributed by atoms with Crippen LogP contribution in [0.3, 0.4) is 0 Å². The van der Waals surface area contributed by atoms with Gasteiger partial charge in [-0.05, 0) is 36.6 Å². The maximum absolute atomic E-state index is 2.24. The Morgan fingerprint density at radius 3 is 2.85 bits per heavy atom. The fraction of sp³-hybridized carbons (Fsp3) is 0.333. The van der Waals surface area contributed by atoms with Crippen LogP contribution in [0.1, 0.15) is 24.5 Å². The molecule has 0 fully saturated rings. The van der Waals surface area contributed by atoms with Crippen molar-refractivity contribution in [3.8, 4) is 0 Å². The molecule has 0 spiro atoms. The first-order chi connectivity index (χ1) is 6.33. The van der Waals surface area contributed by atoms with Crippen LogP contribution in [0.4, 0.5) is 0 Å². The van der Waals surface area contributed by atoms with Crippen molar-refractivity contribution in [1.82, 2.24) is 4.40 Å². The first-order valence-electron chi connectivity index (χ1n) is 4.88. The van der Waals surface area contributed by atoms with E-state index in [0.29, 0.717) is 0 Å². The van der Waals surface area contributed by atoms with Gasteiger partial charge in [-0.1, -0.05) is 19.4 Å². The van der Waals surface area contributed by atoms with Crippen LogP contribution in [0.25, 0.3) is 5.52 Å². The van der Waals surface area contributed by atoms with Gasteiger partial charge in [0.15, 0.2) is 0 Å². The molecule has 2 aromatic heterocycles. The van der Waals surface area contributed by atoms with Gasteiger partial charge >= 0.3 is 0 Å². The molecule has 68 valence electrons. The third-order valence-electron chi connectivity index (χ3n) is 2.57. The van der Waals surface area contributed by atoms with Crippen LogP contribution in [0, 0.1) is 6.92 Å². The average molecular weight is 173 g/mol. The van der Waals surface area contributed by atoms with E-state index < -0.39 is 0 Å². The summed E-state index contributed by atoms with van der Waals surface area (Å²) in [6.07, 6.45) is 6.76. The standard InChI is InChI=1S/C12H15N/c1-3-6-11-9-13-8-5-4-7-12(13)10(11)2/h4-5,7-9H,3,6H2,1-2H3. The fourth-order valence-electron chi connectivity index (χ4n) is 1.84. The van der Waals surface area contributed by atoms with Gasteiger partial charge in [0.05, 0.1) is 0 Å². The molecule has 1 heteroatoms. The second-order valence-electron chi connectivity index (χ2n) is 3.52. The molecule has 0 aliphatic heterocycles. The van der Waals surface area contributed by atoms with Gasteiger partial charge in [-0.3, -0.25) is 0 Å². The number of pyridine rings is 1. The molecule has 13 heavy (non-hydrogen) atoms. The van der Waals surface area contributed by atoms with E-state index in [4.69, 9.17) is 0 Å². The molecule has 0 aliphatic carbocycles. The highest BCUT2D eigenvalue weighted by Crippen LogP contribution is 2.18. The summed E-state index contributed by atoms with van der Waals surface area (Å²) >= 11 is 0. The number of nitrogens with zero attached hydrogens (tertiary/aromatic N) is 1. The second-order valence-corrected chi connectivity index (χ2v) is 3.52. The van der Waals surface area contributed by atoms with E-state index >= 15 is 0 Å². The first-order valence-corrected chi connectivity index (χ1v) is 4.88. The average Bonchev–Trinajstić information content (AvgIpc) is 2.46. The van der Waals surface area contributed by atoms with Gasteiger partial charge in [0.2, 0.25) is 0 Å². The lowest BCUT2D eigenvalue weighted by Gasteiger charge is -1.94. The van der Waals surface area contributed by atoms with Crippen molar-refractivity contribution < 1.29 is 0 Å². The van der Waals surface area contributed by atoms with Crippen molar-refractivity contribution in [3.63, 3.8) is 0 Å². The summed E-state index contributed by atoms with van der Waals surface area (Å²) in [6.45, 7) is 4.43. The lowest BCUT2D eigenvalue weighted by atomic mass is 10.1. The fourth-order valence-corrected chi connectivity index (χ4v) is 1.84. The lowest BCUT2D eigenvalue weighted by Crippen LogP contribution is -1.80. The van der Waals surface area contributed by atoms with Gasteiger partial charge in [0, 0.05) is 17.9 Å². The van der Waals surface area contributed by atoms with Crippen molar-refractivity contribution in [1.29, 1.82) is 0 Å². The van der Waals surface area contributed by atoms with Crippen LogP contribution in [0.15, 0.2) is 30.6 Å². The van der Waals surface area contributed by atoms with Crippen molar-refractivity contribution in [3.05, 3.63) is 41.7 Å². The Kier molecular flexibility index (Phi) is 2.09. The summed E-state index contributed by atoms with van der Waals surface area (Å²) in [6, 6.07) is 6.34. The maximum atomic E-state index is 2.24. The van der Waals surface area contributed by atoms with Crippen LogP contribution in [0.5, 0.6) is 0 Å². The smallest absolute Gasteiger partial charge is 0.0481 e. The Morgan fingerprint density at radius 1 is 1.31 bits per heavy atom. The number of fused-ring (bicyclic) bond motifs is 1. The highest BCUT2D eigenvalue weighted by atomic mass is 14.9. The molecule has 0 unspecified atom stereocenters.